The normalized spacial score (nSPS) is 15.1. The van der Waals surface area contributed by atoms with Gasteiger partial charge in [0.25, 0.3) is 5.91 Å². The number of pyridine rings is 1. The van der Waals surface area contributed by atoms with Gasteiger partial charge in [-0.3, -0.25) is 14.9 Å². The molecule has 1 aromatic carbocycles. The molecule has 8 nitrogen and oxygen atoms in total. The van der Waals surface area contributed by atoms with Crippen LogP contribution in [0.15, 0.2) is 60.2 Å². The summed E-state index contributed by atoms with van der Waals surface area (Å²) >= 11 is 1.33. The van der Waals surface area contributed by atoms with E-state index in [1.165, 1.54) is 36.6 Å². The van der Waals surface area contributed by atoms with E-state index in [2.05, 4.69) is 25.5 Å². The average Bonchev–Trinajstić information content (AvgIpc) is 3.61. The molecule has 4 aromatic rings. The Labute approximate surface area is 216 Å². The minimum absolute atomic E-state index is 0.0571. The molecule has 2 N–H and O–H groups in total. The summed E-state index contributed by atoms with van der Waals surface area (Å²) in [6, 6.07) is 11.2. The molecule has 0 aliphatic carbocycles. The van der Waals surface area contributed by atoms with Gasteiger partial charge in [-0.2, -0.15) is 4.39 Å². The number of benzene rings is 1. The van der Waals surface area contributed by atoms with Gasteiger partial charge in [0.1, 0.15) is 11.5 Å². The van der Waals surface area contributed by atoms with Crippen molar-refractivity contribution in [2.24, 2.45) is 0 Å². The minimum Gasteiger partial charge on any atom is -0.363 e. The van der Waals surface area contributed by atoms with Crippen LogP contribution in [0.25, 0.3) is 0 Å². The van der Waals surface area contributed by atoms with Crippen molar-refractivity contribution < 1.29 is 18.4 Å². The Morgan fingerprint density at radius 2 is 2.03 bits per heavy atom. The maximum atomic E-state index is 14.5. The largest absolute Gasteiger partial charge is 0.363 e. The summed E-state index contributed by atoms with van der Waals surface area (Å²) in [7, 11) is 0. The lowest BCUT2D eigenvalue weighted by Crippen LogP contribution is -2.23. The first-order valence-electron chi connectivity index (χ1n) is 11.7. The molecule has 0 bridgehead atoms. The molecule has 11 heteroatoms. The van der Waals surface area contributed by atoms with Crippen molar-refractivity contribution in [3.05, 3.63) is 89.0 Å². The van der Waals surface area contributed by atoms with Crippen LogP contribution in [0, 0.1) is 11.8 Å². The molecule has 2 amide bonds. The first-order chi connectivity index (χ1) is 17.9. The Hall–Kier alpha value is -4.12. The second-order valence-corrected chi connectivity index (χ2v) is 9.59. The second kappa shape index (κ2) is 10.5. The third-order valence-electron chi connectivity index (χ3n) is 6.14. The highest BCUT2D eigenvalue weighted by Gasteiger charge is 2.29. The molecule has 3 aromatic heterocycles. The lowest BCUT2D eigenvalue weighted by Gasteiger charge is -2.26. The van der Waals surface area contributed by atoms with E-state index < -0.39 is 11.8 Å². The predicted molar refractivity (Wildman–Crippen MR) is 138 cm³/mol. The molecule has 0 radical (unpaired) electrons. The van der Waals surface area contributed by atoms with Crippen LogP contribution < -0.4 is 15.5 Å². The summed E-state index contributed by atoms with van der Waals surface area (Å²) in [5, 5.41) is 7.70. The van der Waals surface area contributed by atoms with Crippen LogP contribution in [0.1, 0.15) is 47.6 Å². The zero-order valence-electron chi connectivity index (χ0n) is 19.9. The Bertz CT molecular complexity index is 1450. The summed E-state index contributed by atoms with van der Waals surface area (Å²) in [6.07, 6.45) is 4.91. The fraction of sp³-hybridized carbons (Fsp3) is 0.231. The van der Waals surface area contributed by atoms with Crippen molar-refractivity contribution in [1.29, 1.82) is 0 Å². The van der Waals surface area contributed by atoms with Crippen molar-refractivity contribution in [3.8, 4) is 0 Å². The number of rotatable bonds is 7. The monoisotopic (exact) mass is 522 g/mol. The molecule has 4 heterocycles. The van der Waals surface area contributed by atoms with Gasteiger partial charge in [-0.05, 0) is 60.9 Å². The number of amides is 2. The number of nitrogens with zero attached hydrogens (tertiary/aromatic N) is 4. The minimum atomic E-state index is -0.571. The van der Waals surface area contributed by atoms with E-state index in [9.17, 15) is 18.4 Å². The van der Waals surface area contributed by atoms with E-state index in [-0.39, 0.29) is 23.5 Å². The highest BCUT2D eigenvalue weighted by molar-refractivity contribution is 7.14. The van der Waals surface area contributed by atoms with Crippen molar-refractivity contribution in [2.75, 3.05) is 22.1 Å². The third kappa shape index (κ3) is 5.51. The Kier molecular flexibility index (Phi) is 6.95. The smallest absolute Gasteiger partial charge is 0.274 e. The standard InChI is InChI=1S/C26H24F2N6O2S/c1-16(35)30-20-7-6-18(13-19(20)27)34-11-3-4-22(34)21-15-37-26(31-21)32-25(36)23-5-2-10-33(23)14-17-8-9-29-24(28)12-17/h2,5-10,12-13,15,22H,3-4,11,14H2,1H3,(H,30,35)(H,31,32,36)/t22-/m1/s1. The van der Waals surface area contributed by atoms with Crippen molar-refractivity contribution in [3.63, 3.8) is 0 Å². The molecule has 1 aliphatic heterocycles. The lowest BCUT2D eigenvalue weighted by atomic mass is 10.1. The quantitative estimate of drug-likeness (QED) is 0.325. The summed E-state index contributed by atoms with van der Waals surface area (Å²) in [5.41, 5.74) is 2.76. The number of carbonyl (C=O) groups is 2. The molecule has 1 atom stereocenters. The molecule has 190 valence electrons. The first kappa shape index (κ1) is 24.6. The Morgan fingerprint density at radius 3 is 2.81 bits per heavy atom. The number of aromatic nitrogens is 3. The molecule has 0 unspecified atom stereocenters. The topological polar surface area (TPSA) is 92.2 Å². The molecule has 0 saturated carbocycles. The van der Waals surface area contributed by atoms with Crippen LogP contribution in [0.2, 0.25) is 0 Å². The number of anilines is 3. The van der Waals surface area contributed by atoms with Gasteiger partial charge in [0.2, 0.25) is 11.9 Å². The highest BCUT2D eigenvalue weighted by atomic mass is 32.1. The number of halogens is 2. The highest BCUT2D eigenvalue weighted by Crippen LogP contribution is 2.38. The van der Waals surface area contributed by atoms with Gasteiger partial charge in [-0.25, -0.2) is 14.4 Å². The number of thiazole rings is 1. The van der Waals surface area contributed by atoms with E-state index in [0.717, 1.165) is 25.1 Å². The Morgan fingerprint density at radius 1 is 1.16 bits per heavy atom. The summed E-state index contributed by atoms with van der Waals surface area (Å²) in [6.45, 7) is 2.40. The van der Waals surface area contributed by atoms with Crippen LogP contribution in [-0.2, 0) is 11.3 Å². The zero-order chi connectivity index (χ0) is 25.9. The maximum Gasteiger partial charge on any atom is 0.274 e. The van der Waals surface area contributed by atoms with Gasteiger partial charge in [-0.1, -0.05) is 0 Å². The van der Waals surface area contributed by atoms with Crippen molar-refractivity contribution >= 4 is 39.7 Å². The van der Waals surface area contributed by atoms with Gasteiger partial charge in [0.05, 0.1) is 17.4 Å². The van der Waals surface area contributed by atoms with Crippen molar-refractivity contribution in [2.45, 2.75) is 32.4 Å². The van der Waals surface area contributed by atoms with E-state index in [4.69, 9.17) is 0 Å². The van der Waals surface area contributed by atoms with E-state index in [1.54, 1.807) is 41.1 Å². The molecular weight excluding hydrogens is 498 g/mol. The molecule has 5 rings (SSSR count). The molecule has 37 heavy (non-hydrogen) atoms. The van der Waals surface area contributed by atoms with Crippen LogP contribution in [0.3, 0.4) is 0 Å². The lowest BCUT2D eigenvalue weighted by molar-refractivity contribution is -0.114. The average molecular weight is 523 g/mol. The number of hydrogen-bond donors (Lipinski definition) is 2. The maximum absolute atomic E-state index is 14.5. The molecule has 1 aliphatic rings. The van der Waals surface area contributed by atoms with Gasteiger partial charge in [0.15, 0.2) is 5.13 Å². The van der Waals surface area contributed by atoms with Gasteiger partial charge >= 0.3 is 0 Å². The molecule has 1 fully saturated rings. The zero-order valence-corrected chi connectivity index (χ0v) is 20.8. The summed E-state index contributed by atoms with van der Waals surface area (Å²) < 4.78 is 29.7. The van der Waals surface area contributed by atoms with Gasteiger partial charge in [-0.15, -0.1) is 11.3 Å². The fourth-order valence-corrected chi connectivity index (χ4v) is 5.26. The SMILES string of the molecule is CC(=O)Nc1ccc(N2CCC[C@@H]2c2csc(NC(=O)c3cccn3Cc3ccnc(F)c3)n2)cc1F. The van der Waals surface area contributed by atoms with E-state index in [1.807, 2.05) is 5.38 Å². The van der Waals surface area contributed by atoms with Crippen LogP contribution in [0.4, 0.5) is 25.3 Å². The summed E-state index contributed by atoms with van der Waals surface area (Å²) in [4.78, 5) is 34.5. The molecular formula is C26H24F2N6O2S. The van der Waals surface area contributed by atoms with Crippen LogP contribution >= 0.6 is 11.3 Å². The Balaban J connectivity index is 1.28. The molecule has 1 saturated heterocycles. The van der Waals surface area contributed by atoms with Gasteiger partial charge in [0, 0.05) is 43.5 Å². The van der Waals surface area contributed by atoms with Crippen molar-refractivity contribution in [1.82, 2.24) is 14.5 Å². The second-order valence-electron chi connectivity index (χ2n) is 8.74. The number of nitrogens with one attached hydrogen (secondary N) is 2. The number of carbonyl (C=O) groups excluding carboxylic acids is 2. The number of hydrogen-bond acceptors (Lipinski definition) is 6. The molecule has 0 spiro atoms. The van der Waals surface area contributed by atoms with Crippen LogP contribution in [-0.4, -0.2) is 32.9 Å². The summed E-state index contributed by atoms with van der Waals surface area (Å²) in [5.74, 6) is -1.72. The van der Waals surface area contributed by atoms with Gasteiger partial charge < -0.3 is 14.8 Å². The fourth-order valence-electron chi connectivity index (χ4n) is 4.51. The van der Waals surface area contributed by atoms with E-state index in [0.29, 0.717) is 28.6 Å². The first-order valence-corrected chi connectivity index (χ1v) is 12.6. The van der Waals surface area contributed by atoms with E-state index >= 15 is 0 Å². The predicted octanol–water partition coefficient (Wildman–Crippen LogP) is 5.22. The third-order valence-corrected chi connectivity index (χ3v) is 6.91. The van der Waals surface area contributed by atoms with Crippen LogP contribution in [0.5, 0.6) is 0 Å².